The first-order chi connectivity index (χ1) is 8.36. The van der Waals surface area contributed by atoms with Crippen LogP contribution in [0, 0.1) is 0 Å². The molecular formula is C15H25NO. The maximum atomic E-state index is 5.68. The van der Waals surface area contributed by atoms with Crippen molar-refractivity contribution >= 4 is 0 Å². The van der Waals surface area contributed by atoms with Crippen LogP contribution in [0.5, 0.6) is 5.75 Å². The second kappa shape index (κ2) is 9.06. The summed E-state index contributed by atoms with van der Waals surface area (Å²) < 4.78 is 5.68. The van der Waals surface area contributed by atoms with E-state index >= 15 is 0 Å². The molecule has 1 aromatic rings. The van der Waals surface area contributed by atoms with E-state index in [-0.39, 0.29) is 0 Å². The van der Waals surface area contributed by atoms with Crippen LogP contribution in [0.25, 0.3) is 0 Å². The first-order valence-corrected chi connectivity index (χ1v) is 6.79. The number of nitrogens with one attached hydrogen (secondary N) is 1. The van der Waals surface area contributed by atoms with Crippen LogP contribution in [0.15, 0.2) is 24.3 Å². The minimum atomic E-state index is 0.795. The van der Waals surface area contributed by atoms with Crippen molar-refractivity contribution in [2.75, 3.05) is 19.7 Å². The van der Waals surface area contributed by atoms with Crippen molar-refractivity contribution in [1.82, 2.24) is 5.32 Å². The second-order valence-corrected chi connectivity index (χ2v) is 4.35. The maximum absolute atomic E-state index is 5.68. The predicted molar refractivity (Wildman–Crippen MR) is 73.7 cm³/mol. The Hall–Kier alpha value is -1.02. The number of rotatable bonds is 9. The Kier molecular flexibility index (Phi) is 7.48. The van der Waals surface area contributed by atoms with Crippen molar-refractivity contribution < 1.29 is 4.74 Å². The Morgan fingerprint density at radius 2 is 1.76 bits per heavy atom. The zero-order valence-electron chi connectivity index (χ0n) is 11.2. The number of hydrogen-bond donors (Lipinski definition) is 1. The molecule has 0 spiro atoms. The summed E-state index contributed by atoms with van der Waals surface area (Å²) in [6.45, 7) is 7.33. The molecule has 0 aliphatic heterocycles. The molecule has 0 radical (unpaired) electrons. The van der Waals surface area contributed by atoms with Crippen LogP contribution >= 0.6 is 0 Å². The average Bonchev–Trinajstić information content (AvgIpc) is 2.36. The first kappa shape index (κ1) is 14.0. The topological polar surface area (TPSA) is 21.3 Å². The molecule has 0 atom stereocenters. The molecule has 0 heterocycles. The van der Waals surface area contributed by atoms with Gasteiger partial charge in [0.15, 0.2) is 0 Å². The van der Waals surface area contributed by atoms with Crippen molar-refractivity contribution in [3.8, 4) is 5.75 Å². The molecule has 0 bridgehead atoms. The third-order valence-electron chi connectivity index (χ3n) is 2.66. The van der Waals surface area contributed by atoms with Crippen molar-refractivity contribution in [2.24, 2.45) is 0 Å². The van der Waals surface area contributed by atoms with Crippen molar-refractivity contribution in [2.45, 2.75) is 39.5 Å². The zero-order chi connectivity index (χ0) is 12.3. The van der Waals surface area contributed by atoms with Gasteiger partial charge in [0, 0.05) is 0 Å². The molecule has 0 unspecified atom stereocenters. The third kappa shape index (κ3) is 6.32. The molecule has 96 valence electrons. The van der Waals surface area contributed by atoms with E-state index in [1.165, 1.54) is 18.4 Å². The van der Waals surface area contributed by atoms with Gasteiger partial charge in [0.1, 0.15) is 5.75 Å². The third-order valence-corrected chi connectivity index (χ3v) is 2.66. The standard InChI is InChI=1S/C15H25NO/c1-3-6-14-7-9-15(10-8-14)17-13-5-12-16-11-4-2/h7-10,16H,3-6,11-13H2,1-2H3. The monoisotopic (exact) mass is 235 g/mol. The van der Waals surface area contributed by atoms with Gasteiger partial charge in [0.05, 0.1) is 6.61 Å². The molecule has 0 fully saturated rings. The Morgan fingerprint density at radius 3 is 2.41 bits per heavy atom. The highest BCUT2D eigenvalue weighted by Gasteiger charge is 1.95. The fourth-order valence-corrected chi connectivity index (χ4v) is 1.73. The molecule has 17 heavy (non-hydrogen) atoms. The minimum Gasteiger partial charge on any atom is -0.494 e. The summed E-state index contributed by atoms with van der Waals surface area (Å²) in [4.78, 5) is 0. The number of ether oxygens (including phenoxy) is 1. The van der Waals surface area contributed by atoms with E-state index in [2.05, 4.69) is 43.4 Å². The van der Waals surface area contributed by atoms with Crippen molar-refractivity contribution in [3.63, 3.8) is 0 Å². The van der Waals surface area contributed by atoms with E-state index in [0.29, 0.717) is 0 Å². The van der Waals surface area contributed by atoms with Crippen LogP contribution in [-0.2, 0) is 6.42 Å². The van der Waals surface area contributed by atoms with Gasteiger partial charge in [0.25, 0.3) is 0 Å². The lowest BCUT2D eigenvalue weighted by molar-refractivity contribution is 0.308. The first-order valence-electron chi connectivity index (χ1n) is 6.79. The second-order valence-electron chi connectivity index (χ2n) is 4.35. The van der Waals surface area contributed by atoms with E-state index in [4.69, 9.17) is 4.74 Å². The molecule has 2 nitrogen and oxygen atoms in total. The summed E-state index contributed by atoms with van der Waals surface area (Å²) in [6.07, 6.45) is 4.61. The molecule has 0 saturated carbocycles. The van der Waals surface area contributed by atoms with Gasteiger partial charge in [-0.1, -0.05) is 32.4 Å². The maximum Gasteiger partial charge on any atom is 0.119 e. The molecule has 0 aliphatic rings. The minimum absolute atomic E-state index is 0.795. The van der Waals surface area contributed by atoms with Crippen LogP contribution in [0.2, 0.25) is 0 Å². The van der Waals surface area contributed by atoms with Crippen molar-refractivity contribution in [3.05, 3.63) is 29.8 Å². The summed E-state index contributed by atoms with van der Waals surface area (Å²) in [6, 6.07) is 8.47. The lowest BCUT2D eigenvalue weighted by Gasteiger charge is -2.07. The number of hydrogen-bond acceptors (Lipinski definition) is 2. The highest BCUT2D eigenvalue weighted by atomic mass is 16.5. The van der Waals surface area contributed by atoms with Gasteiger partial charge in [-0.15, -0.1) is 0 Å². The molecular weight excluding hydrogens is 210 g/mol. The molecule has 0 aromatic heterocycles. The Balaban J connectivity index is 2.14. The fraction of sp³-hybridized carbons (Fsp3) is 0.600. The SMILES string of the molecule is CCCNCCCOc1ccc(CCC)cc1. The van der Waals surface area contributed by atoms with Crippen LogP contribution in [0.3, 0.4) is 0 Å². The van der Waals surface area contributed by atoms with E-state index in [9.17, 15) is 0 Å². The Bertz CT molecular complexity index is 281. The Labute approximate surface area is 105 Å². The fourth-order valence-electron chi connectivity index (χ4n) is 1.73. The summed E-state index contributed by atoms with van der Waals surface area (Å²) in [7, 11) is 0. The van der Waals surface area contributed by atoms with Crippen LogP contribution < -0.4 is 10.1 Å². The van der Waals surface area contributed by atoms with Crippen molar-refractivity contribution in [1.29, 1.82) is 0 Å². The van der Waals surface area contributed by atoms with Gasteiger partial charge >= 0.3 is 0 Å². The highest BCUT2D eigenvalue weighted by molar-refractivity contribution is 5.27. The lowest BCUT2D eigenvalue weighted by atomic mass is 10.1. The van der Waals surface area contributed by atoms with Gasteiger partial charge < -0.3 is 10.1 Å². The molecule has 0 saturated heterocycles. The predicted octanol–water partition coefficient (Wildman–Crippen LogP) is 3.41. The van der Waals surface area contributed by atoms with Gasteiger partial charge in [-0.3, -0.25) is 0 Å². The smallest absolute Gasteiger partial charge is 0.119 e. The quantitative estimate of drug-likeness (QED) is 0.662. The normalized spacial score (nSPS) is 10.5. The Morgan fingerprint density at radius 1 is 1.00 bits per heavy atom. The molecule has 1 rings (SSSR count). The number of benzene rings is 1. The van der Waals surface area contributed by atoms with E-state index in [0.717, 1.165) is 38.3 Å². The molecule has 0 aliphatic carbocycles. The van der Waals surface area contributed by atoms with Gasteiger partial charge in [-0.05, 0) is 50.0 Å². The van der Waals surface area contributed by atoms with E-state index < -0.39 is 0 Å². The van der Waals surface area contributed by atoms with Crippen LogP contribution in [-0.4, -0.2) is 19.7 Å². The lowest BCUT2D eigenvalue weighted by Crippen LogP contribution is -2.18. The van der Waals surface area contributed by atoms with Gasteiger partial charge in [-0.2, -0.15) is 0 Å². The van der Waals surface area contributed by atoms with E-state index in [1.54, 1.807) is 0 Å². The summed E-state index contributed by atoms with van der Waals surface area (Å²) in [5.74, 6) is 0.986. The number of aryl methyl sites for hydroxylation is 1. The largest absolute Gasteiger partial charge is 0.494 e. The van der Waals surface area contributed by atoms with E-state index in [1.807, 2.05) is 0 Å². The molecule has 2 heteroatoms. The molecule has 1 N–H and O–H groups in total. The highest BCUT2D eigenvalue weighted by Crippen LogP contribution is 2.13. The van der Waals surface area contributed by atoms with Crippen LogP contribution in [0.1, 0.15) is 38.7 Å². The molecule has 1 aromatic carbocycles. The van der Waals surface area contributed by atoms with Crippen LogP contribution in [0.4, 0.5) is 0 Å². The van der Waals surface area contributed by atoms with Gasteiger partial charge in [0.2, 0.25) is 0 Å². The summed E-state index contributed by atoms with van der Waals surface area (Å²) in [5.41, 5.74) is 1.39. The molecule has 0 amide bonds. The van der Waals surface area contributed by atoms with Gasteiger partial charge in [-0.25, -0.2) is 0 Å². The average molecular weight is 235 g/mol. The zero-order valence-corrected chi connectivity index (χ0v) is 11.2. The summed E-state index contributed by atoms with van der Waals surface area (Å²) >= 11 is 0. The summed E-state index contributed by atoms with van der Waals surface area (Å²) in [5, 5.41) is 3.37.